The maximum Gasteiger partial charge on any atom is 0.270 e. The molecule has 1 aromatic rings. The normalized spacial score (nSPS) is 24.3. The van der Waals surface area contributed by atoms with Crippen LogP contribution in [0.2, 0.25) is 0 Å². The summed E-state index contributed by atoms with van der Waals surface area (Å²) >= 11 is 0. The van der Waals surface area contributed by atoms with Gasteiger partial charge in [0.1, 0.15) is 5.69 Å². The van der Waals surface area contributed by atoms with Gasteiger partial charge in [-0.2, -0.15) is 0 Å². The Morgan fingerprint density at radius 3 is 2.50 bits per heavy atom. The maximum atomic E-state index is 12.1. The van der Waals surface area contributed by atoms with E-state index in [0.717, 1.165) is 5.69 Å². The third-order valence-corrected chi connectivity index (χ3v) is 6.06. The molecule has 120 valence electrons. The highest BCUT2D eigenvalue weighted by atomic mass is 32.2. The zero-order chi connectivity index (χ0) is 15.6. The molecule has 1 unspecified atom stereocenters. The fourth-order valence-electron chi connectivity index (χ4n) is 3.09. The van der Waals surface area contributed by atoms with Gasteiger partial charge in [-0.1, -0.05) is 12.8 Å². The van der Waals surface area contributed by atoms with Crippen molar-refractivity contribution >= 4 is 21.4 Å². The van der Waals surface area contributed by atoms with Crippen LogP contribution in [0.1, 0.15) is 42.6 Å². The van der Waals surface area contributed by atoms with E-state index in [4.69, 9.17) is 0 Å². The van der Waals surface area contributed by atoms with Crippen molar-refractivity contribution in [2.24, 2.45) is 0 Å². The van der Waals surface area contributed by atoms with Gasteiger partial charge in [0.2, 0.25) is 0 Å². The van der Waals surface area contributed by atoms with Gasteiger partial charge in [-0.25, -0.2) is 13.4 Å². The van der Waals surface area contributed by atoms with Crippen LogP contribution >= 0.6 is 0 Å². The molecule has 1 aliphatic heterocycles. The van der Waals surface area contributed by atoms with Crippen LogP contribution < -0.4 is 10.6 Å². The van der Waals surface area contributed by atoms with E-state index in [0.29, 0.717) is 18.2 Å². The molecule has 2 fully saturated rings. The van der Waals surface area contributed by atoms with Crippen LogP contribution in [0.3, 0.4) is 0 Å². The monoisotopic (exact) mass is 323 g/mol. The molecule has 2 aliphatic rings. The van der Waals surface area contributed by atoms with Gasteiger partial charge >= 0.3 is 0 Å². The lowest BCUT2D eigenvalue weighted by atomic mass is 10.2. The van der Waals surface area contributed by atoms with Gasteiger partial charge in [0.05, 0.1) is 23.4 Å². The Kier molecular flexibility index (Phi) is 4.33. The molecular weight excluding hydrogens is 302 g/mol. The Bertz CT molecular complexity index is 637. The standard InChI is InChI=1S/C15H21N3O3S/c19-15(18-13-7-8-22(20,21)10-13)14-6-5-12(9-16-14)17-11-3-1-2-4-11/h5-6,9,11,13,17H,1-4,7-8,10H2,(H,18,19). The number of rotatable bonds is 4. The Balaban J connectivity index is 1.56. The van der Waals surface area contributed by atoms with Gasteiger partial charge in [0, 0.05) is 12.1 Å². The minimum atomic E-state index is -2.99. The van der Waals surface area contributed by atoms with Crippen LogP contribution in [0.4, 0.5) is 5.69 Å². The molecule has 1 saturated carbocycles. The van der Waals surface area contributed by atoms with Gasteiger partial charge in [-0.3, -0.25) is 4.79 Å². The molecule has 0 spiro atoms. The van der Waals surface area contributed by atoms with E-state index in [1.54, 1.807) is 12.3 Å². The van der Waals surface area contributed by atoms with Crippen LogP contribution in [-0.2, 0) is 9.84 Å². The van der Waals surface area contributed by atoms with E-state index in [-0.39, 0.29) is 23.5 Å². The second-order valence-electron chi connectivity index (χ2n) is 6.13. The summed E-state index contributed by atoms with van der Waals surface area (Å²) < 4.78 is 22.8. The smallest absolute Gasteiger partial charge is 0.270 e. The molecule has 1 aromatic heterocycles. The van der Waals surface area contributed by atoms with Crippen molar-refractivity contribution in [1.29, 1.82) is 0 Å². The first kappa shape index (κ1) is 15.3. The molecular formula is C15H21N3O3S. The summed E-state index contributed by atoms with van der Waals surface area (Å²) in [6.45, 7) is 0. The summed E-state index contributed by atoms with van der Waals surface area (Å²) in [5.41, 5.74) is 1.24. The molecule has 2 N–H and O–H groups in total. The van der Waals surface area contributed by atoms with Crippen molar-refractivity contribution in [3.63, 3.8) is 0 Å². The lowest BCUT2D eigenvalue weighted by Gasteiger charge is -2.14. The average molecular weight is 323 g/mol. The SMILES string of the molecule is O=C(NC1CCS(=O)(=O)C1)c1ccc(NC2CCCC2)cn1. The molecule has 1 amide bonds. The zero-order valence-corrected chi connectivity index (χ0v) is 13.2. The number of aromatic nitrogens is 1. The number of hydrogen-bond acceptors (Lipinski definition) is 5. The highest BCUT2D eigenvalue weighted by Gasteiger charge is 2.29. The number of anilines is 1. The zero-order valence-electron chi connectivity index (χ0n) is 12.4. The van der Waals surface area contributed by atoms with Crippen molar-refractivity contribution < 1.29 is 13.2 Å². The van der Waals surface area contributed by atoms with E-state index in [1.165, 1.54) is 25.7 Å². The van der Waals surface area contributed by atoms with Crippen LogP contribution in [0.25, 0.3) is 0 Å². The predicted octanol–water partition coefficient (Wildman–Crippen LogP) is 1.35. The summed E-state index contributed by atoms with van der Waals surface area (Å²) in [5, 5.41) is 6.16. The van der Waals surface area contributed by atoms with E-state index < -0.39 is 9.84 Å². The number of carbonyl (C=O) groups excluding carboxylic acids is 1. The Hall–Kier alpha value is -1.63. The minimum absolute atomic E-state index is 0.0278. The summed E-state index contributed by atoms with van der Waals surface area (Å²) in [5.74, 6) is -0.134. The molecule has 1 atom stereocenters. The molecule has 22 heavy (non-hydrogen) atoms. The second-order valence-corrected chi connectivity index (χ2v) is 8.36. The molecule has 1 saturated heterocycles. The number of pyridine rings is 1. The Labute approximate surface area is 130 Å². The van der Waals surface area contributed by atoms with Crippen LogP contribution in [0.15, 0.2) is 18.3 Å². The topological polar surface area (TPSA) is 88.2 Å². The van der Waals surface area contributed by atoms with E-state index in [1.807, 2.05) is 6.07 Å². The van der Waals surface area contributed by atoms with E-state index in [9.17, 15) is 13.2 Å². The van der Waals surface area contributed by atoms with Crippen LogP contribution in [0, 0.1) is 0 Å². The van der Waals surface area contributed by atoms with E-state index >= 15 is 0 Å². The van der Waals surface area contributed by atoms with Crippen molar-refractivity contribution in [3.05, 3.63) is 24.0 Å². The summed E-state index contributed by atoms with van der Waals surface area (Å²) in [7, 11) is -2.99. The third kappa shape index (κ3) is 3.76. The molecule has 2 heterocycles. The highest BCUT2D eigenvalue weighted by Crippen LogP contribution is 2.22. The highest BCUT2D eigenvalue weighted by molar-refractivity contribution is 7.91. The quantitative estimate of drug-likeness (QED) is 0.873. The molecule has 1 aliphatic carbocycles. The van der Waals surface area contributed by atoms with Gasteiger partial charge in [0.25, 0.3) is 5.91 Å². The Morgan fingerprint density at radius 2 is 1.91 bits per heavy atom. The first-order valence-corrected chi connectivity index (χ1v) is 9.58. The fraction of sp³-hybridized carbons (Fsp3) is 0.600. The Morgan fingerprint density at radius 1 is 1.14 bits per heavy atom. The molecule has 7 heteroatoms. The lowest BCUT2D eigenvalue weighted by molar-refractivity contribution is 0.0936. The third-order valence-electron chi connectivity index (χ3n) is 4.29. The largest absolute Gasteiger partial charge is 0.381 e. The first-order chi connectivity index (χ1) is 10.5. The van der Waals surface area contributed by atoms with Crippen LogP contribution in [0.5, 0.6) is 0 Å². The number of nitrogens with one attached hydrogen (secondary N) is 2. The van der Waals surface area contributed by atoms with Crippen molar-refractivity contribution in [1.82, 2.24) is 10.3 Å². The van der Waals surface area contributed by atoms with Gasteiger partial charge in [-0.05, 0) is 31.4 Å². The summed E-state index contributed by atoms with van der Waals surface area (Å²) in [6, 6.07) is 3.74. The summed E-state index contributed by atoms with van der Waals surface area (Å²) in [4.78, 5) is 16.3. The molecule has 0 aromatic carbocycles. The molecule has 0 bridgehead atoms. The van der Waals surface area contributed by atoms with Crippen molar-refractivity contribution in [2.75, 3.05) is 16.8 Å². The number of sulfone groups is 1. The maximum absolute atomic E-state index is 12.1. The minimum Gasteiger partial charge on any atom is -0.381 e. The van der Waals surface area contributed by atoms with Gasteiger partial charge < -0.3 is 10.6 Å². The number of hydrogen-bond donors (Lipinski definition) is 2. The molecule has 6 nitrogen and oxygen atoms in total. The number of carbonyl (C=O) groups is 1. The average Bonchev–Trinajstić information content (AvgIpc) is 3.09. The van der Waals surface area contributed by atoms with Crippen molar-refractivity contribution in [2.45, 2.75) is 44.2 Å². The first-order valence-electron chi connectivity index (χ1n) is 7.76. The second kappa shape index (κ2) is 6.24. The van der Waals surface area contributed by atoms with Crippen LogP contribution in [-0.4, -0.2) is 42.9 Å². The van der Waals surface area contributed by atoms with E-state index in [2.05, 4.69) is 15.6 Å². The van der Waals surface area contributed by atoms with Gasteiger partial charge in [0.15, 0.2) is 9.84 Å². The van der Waals surface area contributed by atoms with Crippen molar-refractivity contribution in [3.8, 4) is 0 Å². The number of amides is 1. The molecule has 3 rings (SSSR count). The van der Waals surface area contributed by atoms with Gasteiger partial charge in [-0.15, -0.1) is 0 Å². The summed E-state index contributed by atoms with van der Waals surface area (Å²) in [6.07, 6.45) is 7.02. The predicted molar refractivity (Wildman–Crippen MR) is 84.6 cm³/mol. The molecule has 0 radical (unpaired) electrons. The number of nitrogens with zero attached hydrogens (tertiary/aromatic N) is 1. The lowest BCUT2D eigenvalue weighted by Crippen LogP contribution is -2.36. The fourth-order valence-corrected chi connectivity index (χ4v) is 4.76.